The molecular formula is C16H17N3OS. The first-order chi connectivity index (χ1) is 10.1. The van der Waals surface area contributed by atoms with Crippen LogP contribution in [0.3, 0.4) is 0 Å². The Hall–Kier alpha value is -1.77. The summed E-state index contributed by atoms with van der Waals surface area (Å²) < 4.78 is 0. The van der Waals surface area contributed by atoms with Crippen LogP contribution in [0.2, 0.25) is 0 Å². The lowest BCUT2D eigenvalue weighted by Crippen LogP contribution is -2.45. The Morgan fingerprint density at radius 1 is 1.33 bits per heavy atom. The van der Waals surface area contributed by atoms with Crippen LogP contribution in [0.4, 0.5) is 0 Å². The lowest BCUT2D eigenvalue weighted by atomic mass is 9.86. The number of fused-ring (bicyclic) bond motifs is 1. The number of benzene rings is 1. The number of allylic oxidation sites excluding steroid dienone is 1. The molecule has 1 amide bonds. The van der Waals surface area contributed by atoms with Crippen LogP contribution in [0, 0.1) is 18.3 Å². The Morgan fingerprint density at radius 3 is 2.71 bits per heavy atom. The highest BCUT2D eigenvalue weighted by atomic mass is 32.2. The molecule has 2 heterocycles. The van der Waals surface area contributed by atoms with Gasteiger partial charge in [-0.2, -0.15) is 5.26 Å². The van der Waals surface area contributed by atoms with Crippen LogP contribution in [-0.4, -0.2) is 35.3 Å². The molecule has 5 heteroatoms. The largest absolute Gasteiger partial charge is 0.292 e. The van der Waals surface area contributed by atoms with Gasteiger partial charge in [0.25, 0.3) is 0 Å². The maximum absolute atomic E-state index is 12.4. The number of rotatable bonds is 1. The van der Waals surface area contributed by atoms with Crippen molar-refractivity contribution >= 4 is 17.7 Å². The summed E-state index contributed by atoms with van der Waals surface area (Å²) in [7, 11) is 1.98. The van der Waals surface area contributed by atoms with Crippen molar-refractivity contribution in [3.63, 3.8) is 0 Å². The Bertz CT molecular complexity index is 644. The molecule has 0 spiro atoms. The van der Waals surface area contributed by atoms with Crippen molar-refractivity contribution in [1.29, 1.82) is 5.26 Å². The van der Waals surface area contributed by atoms with Gasteiger partial charge in [-0.15, -0.1) is 0 Å². The predicted octanol–water partition coefficient (Wildman–Crippen LogP) is 2.64. The van der Waals surface area contributed by atoms with E-state index in [-0.39, 0.29) is 11.8 Å². The predicted molar refractivity (Wildman–Crippen MR) is 83.1 cm³/mol. The molecule has 0 aliphatic carbocycles. The molecule has 2 aliphatic heterocycles. The summed E-state index contributed by atoms with van der Waals surface area (Å²) in [6.45, 7) is 2.61. The van der Waals surface area contributed by atoms with Gasteiger partial charge in [-0.3, -0.25) is 14.6 Å². The zero-order valence-corrected chi connectivity index (χ0v) is 13.0. The van der Waals surface area contributed by atoms with Gasteiger partial charge in [0.2, 0.25) is 5.91 Å². The molecule has 3 rings (SSSR count). The number of aryl methyl sites for hydroxylation is 1. The van der Waals surface area contributed by atoms with E-state index in [1.807, 2.05) is 38.2 Å². The second-order valence-electron chi connectivity index (χ2n) is 5.59. The number of carbonyl (C=O) groups is 1. The maximum Gasteiger partial charge on any atom is 0.229 e. The number of hydrogen-bond donors (Lipinski definition) is 0. The van der Waals surface area contributed by atoms with E-state index in [1.165, 1.54) is 5.56 Å². The average molecular weight is 299 g/mol. The standard InChI is InChI=1S/C16H17N3OS/c1-11-3-5-12(6-4-11)13-7-15(20)19-9-18(2)10-21-16(19)14(13)8-17/h3-6,13H,7,9-10H2,1-2H3. The van der Waals surface area contributed by atoms with E-state index in [4.69, 9.17) is 0 Å². The fourth-order valence-corrected chi connectivity index (χ4v) is 3.84. The van der Waals surface area contributed by atoms with E-state index in [0.717, 1.165) is 22.0 Å². The van der Waals surface area contributed by atoms with Crippen LogP contribution in [0.1, 0.15) is 23.5 Å². The monoisotopic (exact) mass is 299 g/mol. The molecule has 4 nitrogen and oxygen atoms in total. The Labute approximate surface area is 129 Å². The Kier molecular flexibility index (Phi) is 3.75. The van der Waals surface area contributed by atoms with Crippen molar-refractivity contribution in [2.75, 3.05) is 19.6 Å². The van der Waals surface area contributed by atoms with Gasteiger partial charge in [-0.1, -0.05) is 41.6 Å². The molecule has 0 radical (unpaired) electrons. The van der Waals surface area contributed by atoms with Gasteiger partial charge >= 0.3 is 0 Å². The van der Waals surface area contributed by atoms with Crippen molar-refractivity contribution in [1.82, 2.24) is 9.80 Å². The third kappa shape index (κ3) is 2.57. The number of nitrogens with zero attached hydrogens (tertiary/aromatic N) is 3. The molecule has 108 valence electrons. The van der Waals surface area contributed by atoms with Gasteiger partial charge in [-0.25, -0.2) is 0 Å². The number of carbonyl (C=O) groups excluding carboxylic acids is 1. The Morgan fingerprint density at radius 2 is 2.05 bits per heavy atom. The summed E-state index contributed by atoms with van der Waals surface area (Å²) in [6.07, 6.45) is 0.379. The maximum atomic E-state index is 12.4. The van der Waals surface area contributed by atoms with Crippen molar-refractivity contribution in [2.24, 2.45) is 0 Å². The molecule has 1 aromatic carbocycles. The first kappa shape index (κ1) is 14.2. The average Bonchev–Trinajstić information content (AvgIpc) is 2.48. The highest BCUT2D eigenvalue weighted by Crippen LogP contribution is 2.42. The van der Waals surface area contributed by atoms with Crippen molar-refractivity contribution in [2.45, 2.75) is 19.3 Å². The third-order valence-corrected chi connectivity index (χ3v) is 5.19. The van der Waals surface area contributed by atoms with Gasteiger partial charge in [0, 0.05) is 12.3 Å². The molecule has 0 saturated carbocycles. The molecule has 1 atom stereocenters. The van der Waals surface area contributed by atoms with Gasteiger partial charge in [-0.05, 0) is 19.5 Å². The van der Waals surface area contributed by atoms with Gasteiger partial charge in [0.05, 0.1) is 29.2 Å². The minimum atomic E-state index is -0.106. The zero-order chi connectivity index (χ0) is 15.0. The highest BCUT2D eigenvalue weighted by Gasteiger charge is 2.37. The summed E-state index contributed by atoms with van der Waals surface area (Å²) in [6, 6.07) is 10.5. The number of amides is 1. The van der Waals surface area contributed by atoms with E-state index >= 15 is 0 Å². The fourth-order valence-electron chi connectivity index (χ4n) is 2.76. The summed E-state index contributed by atoms with van der Waals surface area (Å²) in [4.78, 5) is 16.3. The zero-order valence-electron chi connectivity index (χ0n) is 12.2. The second-order valence-corrected chi connectivity index (χ2v) is 6.52. The van der Waals surface area contributed by atoms with E-state index in [9.17, 15) is 10.1 Å². The number of hydrogen-bond acceptors (Lipinski definition) is 4. The lowest BCUT2D eigenvalue weighted by Gasteiger charge is -2.40. The first-order valence-corrected chi connectivity index (χ1v) is 7.91. The Balaban J connectivity index is 2.03. The van der Waals surface area contributed by atoms with Crippen LogP contribution in [0.15, 0.2) is 34.9 Å². The topological polar surface area (TPSA) is 47.3 Å². The highest BCUT2D eigenvalue weighted by molar-refractivity contribution is 8.03. The van der Waals surface area contributed by atoms with Crippen LogP contribution >= 0.6 is 11.8 Å². The third-order valence-electron chi connectivity index (χ3n) is 3.91. The molecule has 1 unspecified atom stereocenters. The minimum Gasteiger partial charge on any atom is -0.292 e. The molecular weight excluding hydrogens is 282 g/mol. The first-order valence-electron chi connectivity index (χ1n) is 6.92. The lowest BCUT2D eigenvalue weighted by molar-refractivity contribution is -0.131. The molecule has 0 bridgehead atoms. The van der Waals surface area contributed by atoms with Crippen LogP contribution in [0.5, 0.6) is 0 Å². The van der Waals surface area contributed by atoms with E-state index < -0.39 is 0 Å². The minimum absolute atomic E-state index is 0.105. The van der Waals surface area contributed by atoms with Crippen molar-refractivity contribution < 1.29 is 4.79 Å². The summed E-state index contributed by atoms with van der Waals surface area (Å²) in [5.74, 6) is 0.809. The molecule has 0 aromatic heterocycles. The summed E-state index contributed by atoms with van der Waals surface area (Å²) in [5, 5.41) is 10.4. The molecule has 2 aliphatic rings. The van der Waals surface area contributed by atoms with Gasteiger partial charge < -0.3 is 0 Å². The summed E-state index contributed by atoms with van der Waals surface area (Å²) in [5.41, 5.74) is 2.97. The van der Waals surface area contributed by atoms with E-state index in [0.29, 0.717) is 13.1 Å². The van der Waals surface area contributed by atoms with E-state index in [1.54, 1.807) is 16.7 Å². The molecule has 1 fully saturated rings. The summed E-state index contributed by atoms with van der Waals surface area (Å²) >= 11 is 1.58. The quantitative estimate of drug-likeness (QED) is 0.800. The number of nitriles is 1. The molecule has 1 saturated heterocycles. The van der Waals surface area contributed by atoms with Crippen LogP contribution in [-0.2, 0) is 4.79 Å². The second kappa shape index (κ2) is 5.55. The fraction of sp³-hybridized carbons (Fsp3) is 0.375. The van der Waals surface area contributed by atoms with Crippen molar-refractivity contribution in [3.8, 4) is 6.07 Å². The van der Waals surface area contributed by atoms with E-state index in [2.05, 4.69) is 11.0 Å². The van der Waals surface area contributed by atoms with Crippen LogP contribution < -0.4 is 0 Å². The van der Waals surface area contributed by atoms with Gasteiger partial charge in [0.1, 0.15) is 0 Å². The molecule has 21 heavy (non-hydrogen) atoms. The normalized spacial score (nSPS) is 23.0. The number of thioether (sulfide) groups is 1. The van der Waals surface area contributed by atoms with Crippen LogP contribution in [0.25, 0.3) is 0 Å². The van der Waals surface area contributed by atoms with Crippen molar-refractivity contribution in [3.05, 3.63) is 46.0 Å². The molecule has 0 N–H and O–H groups in total. The SMILES string of the molecule is Cc1ccc(C2CC(=O)N3CN(C)CSC3=C2C#N)cc1. The van der Waals surface area contributed by atoms with Gasteiger partial charge in [0.15, 0.2) is 0 Å². The smallest absolute Gasteiger partial charge is 0.229 e. The molecule has 1 aromatic rings.